The molecule has 7 nitrogen and oxygen atoms in total. The minimum absolute atomic E-state index is 0. The van der Waals surface area contributed by atoms with Crippen molar-refractivity contribution in [2.75, 3.05) is 9.62 Å². The van der Waals surface area contributed by atoms with E-state index < -0.39 is 60.4 Å². The van der Waals surface area contributed by atoms with Crippen LogP contribution in [0.4, 0.5) is 22.7 Å². The molecule has 3 aromatic heterocycles. The molecule has 0 N–H and O–H groups in total. The minimum Gasteiger partial charge on any atom is -0.510 e. The first-order valence-corrected chi connectivity index (χ1v) is 25.7. The van der Waals surface area contributed by atoms with E-state index in [4.69, 9.17) is 23.4 Å². The van der Waals surface area contributed by atoms with Crippen molar-refractivity contribution >= 4 is 68.0 Å². The van der Waals surface area contributed by atoms with Crippen molar-refractivity contribution in [3.8, 4) is 50.9 Å². The molecule has 0 aliphatic carbocycles. The first kappa shape index (κ1) is 39.2. The van der Waals surface area contributed by atoms with Crippen LogP contribution in [-0.2, 0) is 26.5 Å². The van der Waals surface area contributed by atoms with Crippen LogP contribution in [-0.4, -0.2) is 21.1 Å². The number of anilines is 4. The second kappa shape index (κ2) is 20.3. The Morgan fingerprint density at radius 2 is 1.16 bits per heavy atom. The number of benzene rings is 10. The number of aromatic nitrogens is 4. The van der Waals surface area contributed by atoms with E-state index in [0.717, 1.165) is 61.4 Å². The van der Waals surface area contributed by atoms with E-state index in [1.54, 1.807) is 33.4 Å². The summed E-state index contributed by atoms with van der Waals surface area (Å²) < 4.78 is 100. The number of para-hydroxylation sites is 7. The van der Waals surface area contributed by atoms with Gasteiger partial charge in [-0.05, 0) is 104 Å². The quantitative estimate of drug-likeness (QED) is 0.0777. The number of imidazole rings is 1. The molecule has 1 aliphatic heterocycles. The Bertz CT molecular complexity index is 4790. The maximum atomic E-state index is 9.11. The minimum atomic E-state index is -0.578. The maximum Gasteiger partial charge on any atom is 0.420 e. The van der Waals surface area contributed by atoms with Crippen LogP contribution in [0.2, 0.25) is 0 Å². The van der Waals surface area contributed by atoms with Crippen LogP contribution in [0.25, 0.3) is 72.3 Å². The van der Waals surface area contributed by atoms with Crippen LogP contribution in [0, 0.1) is 18.5 Å². The van der Waals surface area contributed by atoms with Crippen molar-refractivity contribution in [1.29, 1.82) is 0 Å². The van der Waals surface area contributed by atoms with Gasteiger partial charge in [0.05, 0.1) is 41.8 Å². The van der Waals surface area contributed by atoms with Gasteiger partial charge in [0.2, 0.25) is 0 Å². The Morgan fingerprint density at radius 3 is 1.82 bits per heavy atom. The van der Waals surface area contributed by atoms with Gasteiger partial charge >= 0.3 is 6.98 Å². The zero-order chi connectivity index (χ0) is 61.0. The number of rotatable bonds is 10. The standard InChI is InChI=1S/C70H51BN6O.Pt/c1-70(2,3)51-42-43-72-68(44-51)75-62-41-38-52(71-76(53-26-12-6-13-27-53)65-36-18-19-37-66(65)77(71)54-28-14-7-15-29-54)45-61(62)60-40-39-57(47-67(60)75)78-56-31-20-30-55(46-56)73-48-74(64-35-17-16-34-63(64)73)69-58(49-22-8-4-9-23-49)32-21-33-59(69)50-24-10-5-11-25-50;/h4-45H,1-3H3;/q-2;/i4D,5D,8D,9D,10D,11D,22D,23D,24D,25D;. The maximum absolute atomic E-state index is 9.11. The van der Waals surface area contributed by atoms with Gasteiger partial charge in [0.25, 0.3) is 6.33 Å². The molecule has 0 atom stereocenters. The SMILES string of the molecule is [2H]c1c([2H])c([2H])c(-c2cccc(-c3c([2H])c([2H])c([2H])c([2H])c3[2H])c2-[n+]2[c-]n(-c3[c-]c(Oc4[c-]c5c(cc4)c4cc(B6N(c7ccccc7)c7ccccc7N6c6ccccc6)ccc4n5-c4cc(C(C)(C)C)ccn4)ccc3)c3ccccc32)c([2H])c1[2H].[Pt]. The third kappa shape index (κ3) is 8.79. The molecule has 0 spiro atoms. The summed E-state index contributed by atoms with van der Waals surface area (Å²) in [6.45, 7) is 6.28. The summed E-state index contributed by atoms with van der Waals surface area (Å²) in [5, 5.41) is 1.93. The number of pyridine rings is 1. The summed E-state index contributed by atoms with van der Waals surface area (Å²) in [4.78, 5) is 9.81. The van der Waals surface area contributed by atoms with Crippen LogP contribution in [0.5, 0.6) is 11.5 Å². The molecule has 4 heterocycles. The van der Waals surface area contributed by atoms with E-state index in [0.29, 0.717) is 28.2 Å². The molecule has 10 aromatic carbocycles. The normalized spacial score (nSPS) is 14.1. The molecule has 0 radical (unpaired) electrons. The second-order valence-electron chi connectivity index (χ2n) is 20.1. The number of fused-ring (bicyclic) bond motifs is 5. The van der Waals surface area contributed by atoms with Gasteiger partial charge in [0.1, 0.15) is 5.82 Å². The van der Waals surface area contributed by atoms with Crippen molar-refractivity contribution in [2.24, 2.45) is 0 Å². The van der Waals surface area contributed by atoms with Gasteiger partial charge in [0, 0.05) is 55.7 Å². The van der Waals surface area contributed by atoms with Gasteiger partial charge < -0.3 is 23.5 Å². The molecule has 14 rings (SSSR count). The van der Waals surface area contributed by atoms with Crippen LogP contribution in [0.3, 0.4) is 0 Å². The van der Waals surface area contributed by atoms with Crippen LogP contribution < -0.4 is 24.4 Å². The average molecular weight is 1210 g/mol. The van der Waals surface area contributed by atoms with Crippen molar-refractivity contribution in [1.82, 2.24) is 14.1 Å². The first-order valence-electron chi connectivity index (χ1n) is 30.7. The Morgan fingerprint density at radius 1 is 0.557 bits per heavy atom. The summed E-state index contributed by atoms with van der Waals surface area (Å²) in [5.74, 6) is 1.46. The van der Waals surface area contributed by atoms with E-state index in [1.807, 2.05) is 60.8 Å². The third-order valence-corrected chi connectivity index (χ3v) is 14.3. The second-order valence-corrected chi connectivity index (χ2v) is 20.1. The zero-order valence-electron chi connectivity index (χ0n) is 53.0. The predicted molar refractivity (Wildman–Crippen MR) is 319 cm³/mol. The number of hydrogen-bond acceptors (Lipinski definition) is 4. The predicted octanol–water partition coefficient (Wildman–Crippen LogP) is 15.9. The molecule has 382 valence electrons. The van der Waals surface area contributed by atoms with E-state index in [1.165, 1.54) is 0 Å². The topological polar surface area (TPSA) is 42.3 Å². The van der Waals surface area contributed by atoms with Crippen molar-refractivity contribution in [2.45, 2.75) is 26.2 Å². The van der Waals surface area contributed by atoms with Gasteiger partial charge in [-0.1, -0.05) is 190 Å². The fourth-order valence-corrected chi connectivity index (χ4v) is 10.8. The molecule has 1 aliphatic rings. The monoisotopic (exact) mass is 1210 g/mol. The van der Waals surface area contributed by atoms with Gasteiger partial charge in [-0.3, -0.25) is 4.57 Å². The number of nitrogens with zero attached hydrogens (tertiary/aromatic N) is 6. The molecule has 13 aromatic rings. The van der Waals surface area contributed by atoms with Gasteiger partial charge in [-0.15, -0.1) is 29.7 Å². The first-order chi connectivity index (χ1) is 42.5. The molecule has 0 fully saturated rings. The Hall–Kier alpha value is -9.23. The Labute approximate surface area is 489 Å². The third-order valence-electron chi connectivity index (χ3n) is 14.3. The Kier molecular flexibility index (Phi) is 10.1. The number of ether oxygens (including phenoxy) is 1. The Balaban J connectivity index is 0.00000729. The largest absolute Gasteiger partial charge is 0.510 e. The van der Waals surface area contributed by atoms with E-state index in [-0.39, 0.29) is 61.4 Å². The van der Waals surface area contributed by atoms with Gasteiger partial charge in [-0.25, -0.2) is 4.98 Å². The summed E-state index contributed by atoms with van der Waals surface area (Å²) >= 11 is 0. The van der Waals surface area contributed by atoms with Crippen LogP contribution in [0.15, 0.2) is 255 Å². The van der Waals surface area contributed by atoms with Crippen molar-refractivity contribution in [3.63, 3.8) is 0 Å². The van der Waals surface area contributed by atoms with Gasteiger partial charge in [0.15, 0.2) is 0 Å². The van der Waals surface area contributed by atoms with Gasteiger partial charge in [-0.2, -0.15) is 18.2 Å². The van der Waals surface area contributed by atoms with E-state index >= 15 is 0 Å². The molecular formula is C70H51BN6OPt-2. The molecule has 0 bridgehead atoms. The number of hydrogen-bond donors (Lipinski definition) is 0. The molecule has 0 amide bonds. The van der Waals surface area contributed by atoms with Crippen molar-refractivity contribution < 1.29 is 44.1 Å². The molecule has 0 saturated heterocycles. The van der Waals surface area contributed by atoms with E-state index in [2.05, 4.69) is 163 Å². The average Bonchev–Trinajstić information content (AvgIpc) is 1.93. The molecule has 0 saturated carbocycles. The summed E-state index contributed by atoms with van der Waals surface area (Å²) in [5.41, 5.74) is 9.70. The molecular weight excluding hydrogens is 1150 g/mol. The van der Waals surface area contributed by atoms with Crippen LogP contribution >= 0.6 is 0 Å². The van der Waals surface area contributed by atoms with Crippen LogP contribution in [0.1, 0.15) is 40.0 Å². The smallest absolute Gasteiger partial charge is 0.420 e. The molecule has 9 heteroatoms. The molecule has 0 unspecified atom stereocenters. The summed E-state index contributed by atoms with van der Waals surface area (Å²) in [7, 11) is 0. The fourth-order valence-electron chi connectivity index (χ4n) is 10.8. The fraction of sp³-hybridized carbons (Fsp3) is 0.0571. The van der Waals surface area contributed by atoms with Crippen molar-refractivity contribution in [3.05, 3.63) is 279 Å². The summed E-state index contributed by atoms with van der Waals surface area (Å²) in [6.07, 6.45) is 5.29. The molecule has 79 heavy (non-hydrogen) atoms. The zero-order valence-corrected chi connectivity index (χ0v) is 45.2. The summed E-state index contributed by atoms with van der Waals surface area (Å²) in [6, 6.07) is 63.6. The van der Waals surface area contributed by atoms with E-state index in [9.17, 15) is 0 Å².